The molecule has 3 aromatic rings. The van der Waals surface area contributed by atoms with E-state index in [4.69, 9.17) is 4.42 Å². The first-order valence-electron chi connectivity index (χ1n) is 7.54. The average molecular weight is 360 g/mol. The zero-order chi connectivity index (χ0) is 16.9. The topological polar surface area (TPSA) is 63.4 Å². The number of sulfonamides is 1. The lowest BCUT2D eigenvalue weighted by atomic mass is 10.1. The number of aromatic nitrogens is 1. The Bertz CT molecular complexity index is 991. The van der Waals surface area contributed by atoms with E-state index < -0.39 is 10.0 Å². The molecule has 0 unspecified atom stereocenters. The van der Waals surface area contributed by atoms with E-state index in [2.05, 4.69) is 4.98 Å². The number of thiazole rings is 1. The van der Waals surface area contributed by atoms with Crippen LogP contribution in [-0.2, 0) is 16.4 Å². The van der Waals surface area contributed by atoms with Gasteiger partial charge in [-0.05, 0) is 37.1 Å². The monoisotopic (exact) mass is 360 g/mol. The van der Waals surface area contributed by atoms with Gasteiger partial charge in [-0.15, -0.1) is 11.3 Å². The van der Waals surface area contributed by atoms with Gasteiger partial charge in [-0.25, -0.2) is 13.4 Å². The first kappa shape index (κ1) is 15.4. The van der Waals surface area contributed by atoms with Gasteiger partial charge in [0.1, 0.15) is 11.3 Å². The summed E-state index contributed by atoms with van der Waals surface area (Å²) in [5.74, 6) is 0. The molecule has 1 atom stereocenters. The van der Waals surface area contributed by atoms with Crippen LogP contribution in [0, 0.1) is 0 Å². The Kier molecular flexibility index (Phi) is 3.51. The first-order valence-corrected chi connectivity index (χ1v) is 10.3. The van der Waals surface area contributed by atoms with Crippen molar-refractivity contribution in [2.75, 3.05) is 10.6 Å². The minimum Gasteiger partial charge on any atom is -0.472 e. The number of fused-ring (bicyclic) bond motifs is 1. The van der Waals surface area contributed by atoms with Crippen LogP contribution in [0.5, 0.6) is 0 Å². The zero-order valence-corrected chi connectivity index (χ0v) is 14.9. The molecule has 0 amide bonds. The van der Waals surface area contributed by atoms with Gasteiger partial charge in [0.2, 0.25) is 10.0 Å². The van der Waals surface area contributed by atoms with E-state index in [9.17, 15) is 8.42 Å². The van der Waals surface area contributed by atoms with Crippen LogP contribution in [0.2, 0.25) is 0 Å². The third-order valence-electron chi connectivity index (χ3n) is 4.16. The van der Waals surface area contributed by atoms with Crippen molar-refractivity contribution in [1.29, 1.82) is 0 Å². The van der Waals surface area contributed by atoms with Crippen LogP contribution in [0.25, 0.3) is 21.8 Å². The number of hydrogen-bond donors (Lipinski definition) is 0. The molecule has 2 aromatic heterocycles. The molecule has 0 radical (unpaired) electrons. The standard InChI is InChI=1S/C17H16N2O3S2/c1-11-7-14-8-12(3-4-16(14)19(11)24(2,20)21)15-10-23-17(18-15)13-5-6-22-9-13/h3-6,8-11H,7H2,1-2H3/t11-/m1/s1. The Morgan fingerprint density at radius 2 is 2.12 bits per heavy atom. The predicted molar refractivity (Wildman–Crippen MR) is 95.7 cm³/mol. The summed E-state index contributed by atoms with van der Waals surface area (Å²) in [5.41, 5.74) is 4.68. The minimum atomic E-state index is -3.26. The summed E-state index contributed by atoms with van der Waals surface area (Å²) in [6.45, 7) is 1.93. The SMILES string of the molecule is C[C@@H]1Cc2cc(-c3csc(-c4ccoc4)n3)ccc2N1S(C)(=O)=O. The molecule has 0 bridgehead atoms. The number of anilines is 1. The maximum atomic E-state index is 12.0. The van der Waals surface area contributed by atoms with E-state index in [0.29, 0.717) is 0 Å². The third-order valence-corrected chi connectivity index (χ3v) is 6.32. The van der Waals surface area contributed by atoms with Gasteiger partial charge in [-0.1, -0.05) is 6.07 Å². The van der Waals surface area contributed by atoms with Gasteiger partial charge < -0.3 is 4.42 Å². The highest BCUT2D eigenvalue weighted by molar-refractivity contribution is 7.92. The van der Waals surface area contributed by atoms with E-state index in [1.165, 1.54) is 10.6 Å². The van der Waals surface area contributed by atoms with Gasteiger partial charge in [-0.3, -0.25) is 4.31 Å². The molecule has 1 aliphatic heterocycles. The van der Waals surface area contributed by atoms with E-state index in [-0.39, 0.29) is 6.04 Å². The predicted octanol–water partition coefficient (Wildman–Crippen LogP) is 3.78. The highest BCUT2D eigenvalue weighted by Crippen LogP contribution is 2.37. The summed E-state index contributed by atoms with van der Waals surface area (Å²) in [4.78, 5) is 4.66. The number of benzene rings is 1. The van der Waals surface area contributed by atoms with Crippen LogP contribution in [0.3, 0.4) is 0 Å². The minimum absolute atomic E-state index is 0.0535. The van der Waals surface area contributed by atoms with Crippen molar-refractivity contribution in [3.63, 3.8) is 0 Å². The lowest BCUT2D eigenvalue weighted by Crippen LogP contribution is -2.34. The van der Waals surface area contributed by atoms with Crippen LogP contribution < -0.4 is 4.31 Å². The number of rotatable bonds is 3. The molecule has 0 N–H and O–H groups in total. The lowest BCUT2D eigenvalue weighted by molar-refractivity contribution is 0.568. The van der Waals surface area contributed by atoms with E-state index in [1.54, 1.807) is 23.9 Å². The highest BCUT2D eigenvalue weighted by atomic mass is 32.2. The second-order valence-corrected chi connectivity index (χ2v) is 8.72. The third kappa shape index (κ3) is 2.53. The molecule has 1 aromatic carbocycles. The molecule has 3 heterocycles. The molecule has 4 rings (SSSR count). The second-order valence-electron chi connectivity index (χ2n) is 6.01. The molecular formula is C17H16N2O3S2. The van der Waals surface area contributed by atoms with Crippen molar-refractivity contribution in [1.82, 2.24) is 4.98 Å². The maximum Gasteiger partial charge on any atom is 0.232 e. The zero-order valence-electron chi connectivity index (χ0n) is 13.3. The number of furan rings is 1. The number of hydrogen-bond acceptors (Lipinski definition) is 5. The van der Waals surface area contributed by atoms with Gasteiger partial charge in [0.15, 0.2) is 0 Å². The van der Waals surface area contributed by atoms with Gasteiger partial charge in [0.05, 0.1) is 23.9 Å². The molecule has 0 aliphatic carbocycles. The van der Waals surface area contributed by atoms with Crippen LogP contribution >= 0.6 is 11.3 Å². The normalized spacial score (nSPS) is 17.2. The highest BCUT2D eigenvalue weighted by Gasteiger charge is 2.32. The van der Waals surface area contributed by atoms with Crippen molar-refractivity contribution in [2.24, 2.45) is 0 Å². The molecule has 0 fully saturated rings. The van der Waals surface area contributed by atoms with Crippen molar-refractivity contribution in [2.45, 2.75) is 19.4 Å². The lowest BCUT2D eigenvalue weighted by Gasteiger charge is -2.21. The Morgan fingerprint density at radius 1 is 1.29 bits per heavy atom. The molecule has 5 nitrogen and oxygen atoms in total. The quantitative estimate of drug-likeness (QED) is 0.713. The Hall–Kier alpha value is -2.12. The van der Waals surface area contributed by atoms with Crippen molar-refractivity contribution >= 4 is 27.0 Å². The fourth-order valence-electron chi connectivity index (χ4n) is 3.19. The van der Waals surface area contributed by atoms with Gasteiger partial charge in [0, 0.05) is 22.5 Å². The summed E-state index contributed by atoms with van der Waals surface area (Å²) >= 11 is 1.56. The molecule has 24 heavy (non-hydrogen) atoms. The Labute approximate surface area is 144 Å². The van der Waals surface area contributed by atoms with Crippen molar-refractivity contribution in [3.05, 3.63) is 47.7 Å². The fraction of sp³-hybridized carbons (Fsp3) is 0.235. The van der Waals surface area contributed by atoms with Crippen molar-refractivity contribution < 1.29 is 12.8 Å². The summed E-state index contributed by atoms with van der Waals surface area (Å²) in [6, 6.07) is 7.69. The van der Waals surface area contributed by atoms with Crippen LogP contribution in [-0.4, -0.2) is 25.7 Å². The first-order chi connectivity index (χ1) is 11.4. The smallest absolute Gasteiger partial charge is 0.232 e. The largest absolute Gasteiger partial charge is 0.472 e. The van der Waals surface area contributed by atoms with Crippen molar-refractivity contribution in [3.8, 4) is 21.8 Å². The summed E-state index contributed by atoms with van der Waals surface area (Å²) < 4.78 is 30.6. The molecule has 1 aliphatic rings. The second kappa shape index (κ2) is 5.46. The van der Waals surface area contributed by atoms with Gasteiger partial charge >= 0.3 is 0 Å². The number of nitrogens with zero attached hydrogens (tertiary/aromatic N) is 2. The molecule has 7 heteroatoms. The maximum absolute atomic E-state index is 12.0. The van der Waals surface area contributed by atoms with E-state index >= 15 is 0 Å². The molecule has 124 valence electrons. The molecule has 0 saturated heterocycles. The Morgan fingerprint density at radius 3 is 2.83 bits per heavy atom. The van der Waals surface area contributed by atoms with Crippen LogP contribution in [0.1, 0.15) is 12.5 Å². The van der Waals surface area contributed by atoms with E-state index in [1.807, 2.05) is 36.6 Å². The molecule has 0 saturated carbocycles. The van der Waals surface area contributed by atoms with Crippen LogP contribution in [0.15, 0.2) is 46.6 Å². The average Bonchev–Trinajstić information content (AvgIpc) is 3.23. The summed E-state index contributed by atoms with van der Waals surface area (Å²) in [5, 5.41) is 2.92. The Balaban J connectivity index is 1.72. The van der Waals surface area contributed by atoms with Gasteiger partial charge in [-0.2, -0.15) is 0 Å². The summed E-state index contributed by atoms with van der Waals surface area (Å²) in [6.07, 6.45) is 5.28. The molecule has 0 spiro atoms. The van der Waals surface area contributed by atoms with Gasteiger partial charge in [0.25, 0.3) is 0 Å². The molecular weight excluding hydrogens is 344 g/mol. The van der Waals surface area contributed by atoms with E-state index in [0.717, 1.165) is 39.5 Å². The van der Waals surface area contributed by atoms with Crippen LogP contribution in [0.4, 0.5) is 5.69 Å². The summed E-state index contributed by atoms with van der Waals surface area (Å²) in [7, 11) is -3.26. The fourth-order valence-corrected chi connectivity index (χ4v) is 5.27.